The van der Waals surface area contributed by atoms with Gasteiger partial charge in [0, 0.05) is 11.3 Å². The molecule has 0 radical (unpaired) electrons. The predicted molar refractivity (Wildman–Crippen MR) is 72.3 cm³/mol. The van der Waals surface area contributed by atoms with Crippen molar-refractivity contribution in [3.63, 3.8) is 0 Å². The fourth-order valence-corrected chi connectivity index (χ4v) is 2.23. The van der Waals surface area contributed by atoms with Crippen molar-refractivity contribution in [2.45, 2.75) is 26.2 Å². The average Bonchev–Trinajstić information content (AvgIpc) is 2.97. The second kappa shape index (κ2) is 4.76. The second-order valence-corrected chi connectivity index (χ2v) is 4.74. The van der Waals surface area contributed by atoms with Gasteiger partial charge in [-0.15, -0.1) is 0 Å². The van der Waals surface area contributed by atoms with Crippen molar-refractivity contribution in [1.82, 2.24) is 5.16 Å². The zero-order valence-electron chi connectivity index (χ0n) is 10.7. The third-order valence-corrected chi connectivity index (χ3v) is 3.25. The maximum absolute atomic E-state index is 11.9. The molecule has 0 unspecified atom stereocenters. The monoisotopic (exact) mass is 257 g/mol. The Balaban J connectivity index is 1.66. The molecule has 1 aromatic heterocycles. The summed E-state index contributed by atoms with van der Waals surface area (Å²) in [7, 11) is 0. The smallest absolute Gasteiger partial charge is 0.326 e. The quantitative estimate of drug-likeness (QED) is 0.868. The van der Waals surface area contributed by atoms with Gasteiger partial charge in [-0.2, -0.15) is 0 Å². The molecule has 1 aliphatic carbocycles. The van der Waals surface area contributed by atoms with E-state index in [2.05, 4.69) is 15.8 Å². The highest BCUT2D eigenvalue weighted by molar-refractivity contribution is 5.99. The normalized spacial score (nSPS) is 13.1. The molecule has 3 rings (SSSR count). The number of carbonyl (C=O) groups is 1. The molecule has 98 valence electrons. The molecule has 0 aliphatic heterocycles. The number of aromatic nitrogens is 1. The van der Waals surface area contributed by atoms with E-state index in [0.29, 0.717) is 5.88 Å². The Morgan fingerprint density at radius 3 is 2.79 bits per heavy atom. The number of rotatable bonds is 2. The first-order valence-corrected chi connectivity index (χ1v) is 6.34. The first kappa shape index (κ1) is 11.8. The van der Waals surface area contributed by atoms with Gasteiger partial charge in [0.25, 0.3) is 0 Å². The van der Waals surface area contributed by atoms with Crippen LogP contribution in [-0.4, -0.2) is 11.2 Å². The Labute approximate surface area is 111 Å². The maximum atomic E-state index is 11.9. The molecule has 0 bridgehead atoms. The van der Waals surface area contributed by atoms with E-state index in [1.165, 1.54) is 0 Å². The highest BCUT2D eigenvalue weighted by atomic mass is 16.5. The third kappa shape index (κ3) is 2.45. The van der Waals surface area contributed by atoms with Crippen LogP contribution in [0.4, 0.5) is 16.4 Å². The highest BCUT2D eigenvalue weighted by Crippen LogP contribution is 2.28. The van der Waals surface area contributed by atoms with Gasteiger partial charge in [0.15, 0.2) is 0 Å². The van der Waals surface area contributed by atoms with E-state index in [4.69, 9.17) is 4.52 Å². The summed E-state index contributed by atoms with van der Waals surface area (Å²) in [6, 6.07) is 7.30. The first-order chi connectivity index (χ1) is 9.22. The fourth-order valence-electron chi connectivity index (χ4n) is 2.23. The van der Waals surface area contributed by atoms with Gasteiger partial charge in [-0.25, -0.2) is 4.79 Å². The summed E-state index contributed by atoms with van der Waals surface area (Å²) in [6.45, 7) is 2.00. The molecule has 19 heavy (non-hydrogen) atoms. The van der Waals surface area contributed by atoms with Crippen molar-refractivity contribution in [2.75, 3.05) is 10.6 Å². The lowest BCUT2D eigenvalue weighted by atomic mass is 10.2. The minimum atomic E-state index is -0.310. The largest absolute Gasteiger partial charge is 0.338 e. The topological polar surface area (TPSA) is 67.2 Å². The number of aryl methyl sites for hydroxylation is 2. The van der Waals surface area contributed by atoms with E-state index in [1.54, 1.807) is 0 Å². The first-order valence-electron chi connectivity index (χ1n) is 6.34. The number of anilines is 2. The number of amides is 2. The van der Waals surface area contributed by atoms with Gasteiger partial charge in [0.05, 0.1) is 5.69 Å². The van der Waals surface area contributed by atoms with Crippen LogP contribution in [0.2, 0.25) is 0 Å². The molecule has 0 atom stereocenters. The molecule has 1 aromatic carbocycles. The Morgan fingerprint density at radius 2 is 2.00 bits per heavy atom. The van der Waals surface area contributed by atoms with Crippen molar-refractivity contribution >= 4 is 17.6 Å². The molecule has 5 heteroatoms. The molecule has 5 nitrogen and oxygen atoms in total. The van der Waals surface area contributed by atoms with Gasteiger partial charge in [0.2, 0.25) is 5.88 Å². The van der Waals surface area contributed by atoms with E-state index >= 15 is 0 Å². The number of carbonyl (C=O) groups excluding carboxylic acids is 1. The minimum Gasteiger partial charge on any atom is -0.338 e. The Hall–Kier alpha value is -2.30. The summed E-state index contributed by atoms with van der Waals surface area (Å²) in [5.41, 5.74) is 3.89. The lowest BCUT2D eigenvalue weighted by molar-refractivity contribution is 0.261. The van der Waals surface area contributed by atoms with Gasteiger partial charge in [0.1, 0.15) is 0 Å². The SMILES string of the molecule is Cc1ccc(NC(=O)Nc2onc3c2CCC3)cc1. The van der Waals surface area contributed by atoms with Crippen LogP contribution in [0.5, 0.6) is 0 Å². The Morgan fingerprint density at radius 1 is 1.21 bits per heavy atom. The number of benzene rings is 1. The van der Waals surface area contributed by atoms with Crippen LogP contribution in [0, 0.1) is 6.92 Å². The number of nitrogens with one attached hydrogen (secondary N) is 2. The number of urea groups is 1. The van der Waals surface area contributed by atoms with Gasteiger partial charge >= 0.3 is 6.03 Å². The van der Waals surface area contributed by atoms with Gasteiger partial charge in [-0.05, 0) is 38.3 Å². The molecular formula is C14H15N3O2. The molecule has 0 saturated carbocycles. The van der Waals surface area contributed by atoms with Crippen LogP contribution in [0.15, 0.2) is 28.8 Å². The van der Waals surface area contributed by atoms with Crippen LogP contribution in [0.1, 0.15) is 23.2 Å². The minimum absolute atomic E-state index is 0.310. The molecular weight excluding hydrogens is 242 g/mol. The second-order valence-electron chi connectivity index (χ2n) is 4.74. The van der Waals surface area contributed by atoms with Crippen LogP contribution in [-0.2, 0) is 12.8 Å². The summed E-state index contributed by atoms with van der Waals surface area (Å²) in [4.78, 5) is 11.9. The lowest BCUT2D eigenvalue weighted by Gasteiger charge is -2.06. The summed E-state index contributed by atoms with van der Waals surface area (Å²) >= 11 is 0. The summed E-state index contributed by atoms with van der Waals surface area (Å²) in [5, 5.41) is 9.42. The standard InChI is InChI=1S/C14H15N3O2/c1-9-5-7-10(8-6-9)15-14(18)16-13-11-3-2-4-12(11)17-19-13/h5-8H,2-4H2,1H3,(H2,15,16,18). The van der Waals surface area contributed by atoms with Crippen LogP contribution in [0.25, 0.3) is 0 Å². The zero-order valence-corrected chi connectivity index (χ0v) is 10.7. The summed E-state index contributed by atoms with van der Waals surface area (Å²) < 4.78 is 5.14. The zero-order chi connectivity index (χ0) is 13.2. The Bertz CT molecular complexity index is 602. The highest BCUT2D eigenvalue weighted by Gasteiger charge is 2.22. The van der Waals surface area contributed by atoms with Crippen molar-refractivity contribution < 1.29 is 9.32 Å². The molecule has 0 spiro atoms. The summed E-state index contributed by atoms with van der Waals surface area (Å²) in [6.07, 6.45) is 2.92. The van der Waals surface area contributed by atoms with Crippen molar-refractivity contribution in [3.8, 4) is 0 Å². The van der Waals surface area contributed by atoms with E-state index in [9.17, 15) is 4.79 Å². The molecule has 1 heterocycles. The van der Waals surface area contributed by atoms with Crippen LogP contribution < -0.4 is 10.6 Å². The number of nitrogens with zero attached hydrogens (tertiary/aromatic N) is 1. The summed E-state index contributed by atoms with van der Waals surface area (Å²) in [5.74, 6) is 0.470. The number of fused-ring (bicyclic) bond motifs is 1. The fraction of sp³-hybridized carbons (Fsp3) is 0.286. The molecule has 2 aromatic rings. The van der Waals surface area contributed by atoms with Crippen molar-refractivity contribution in [3.05, 3.63) is 41.1 Å². The van der Waals surface area contributed by atoms with Crippen molar-refractivity contribution in [1.29, 1.82) is 0 Å². The van der Waals surface area contributed by atoms with E-state index in [-0.39, 0.29) is 6.03 Å². The predicted octanol–water partition coefficient (Wildman–Crippen LogP) is 3.12. The third-order valence-electron chi connectivity index (χ3n) is 3.25. The van der Waals surface area contributed by atoms with Gasteiger partial charge in [-0.1, -0.05) is 22.9 Å². The number of hydrogen-bond acceptors (Lipinski definition) is 3. The van der Waals surface area contributed by atoms with Crippen molar-refractivity contribution in [2.24, 2.45) is 0 Å². The average molecular weight is 257 g/mol. The maximum Gasteiger partial charge on any atom is 0.326 e. The number of hydrogen-bond donors (Lipinski definition) is 2. The molecule has 0 saturated heterocycles. The van der Waals surface area contributed by atoms with Gasteiger partial charge < -0.3 is 9.84 Å². The van der Waals surface area contributed by atoms with E-state index in [1.807, 2.05) is 31.2 Å². The van der Waals surface area contributed by atoms with Gasteiger partial charge in [-0.3, -0.25) is 5.32 Å². The molecule has 2 amide bonds. The van der Waals surface area contributed by atoms with E-state index in [0.717, 1.165) is 41.8 Å². The van der Waals surface area contributed by atoms with Crippen LogP contribution in [0.3, 0.4) is 0 Å². The molecule has 2 N–H and O–H groups in total. The Kier molecular flexibility index (Phi) is 2.95. The lowest BCUT2D eigenvalue weighted by Crippen LogP contribution is -2.19. The van der Waals surface area contributed by atoms with Crippen LogP contribution >= 0.6 is 0 Å². The van der Waals surface area contributed by atoms with E-state index < -0.39 is 0 Å². The molecule has 0 fully saturated rings. The molecule has 1 aliphatic rings.